The van der Waals surface area contributed by atoms with Gasteiger partial charge in [-0.05, 0) is 19.1 Å². The summed E-state index contributed by atoms with van der Waals surface area (Å²) in [5, 5.41) is 6.60. The van der Waals surface area contributed by atoms with Crippen LogP contribution < -0.4 is 10.6 Å². The number of hydrogen-bond acceptors (Lipinski definition) is 3. The molecule has 0 aliphatic rings. The Bertz CT molecular complexity index is 635. The standard InChI is InChI=1S/C13H14N4OS/c1-8-11(7-15-16-8)13(18)17(2)10-5-3-4-9(6-10)12(14)19/h3-7H,1-2H3,(H2,14,19)(H,15,16). The Morgan fingerprint density at radius 3 is 2.79 bits per heavy atom. The van der Waals surface area contributed by atoms with E-state index in [-0.39, 0.29) is 5.91 Å². The molecule has 0 bridgehead atoms. The quantitative estimate of drug-likeness (QED) is 0.834. The molecule has 0 aliphatic carbocycles. The molecule has 2 rings (SSSR count). The van der Waals surface area contributed by atoms with Crippen LogP contribution in [0.1, 0.15) is 21.6 Å². The molecule has 19 heavy (non-hydrogen) atoms. The smallest absolute Gasteiger partial charge is 0.261 e. The van der Waals surface area contributed by atoms with Gasteiger partial charge in [0.15, 0.2) is 0 Å². The maximum atomic E-state index is 12.3. The SMILES string of the molecule is Cc1[nH]ncc1C(=O)N(C)c1cccc(C(N)=S)c1. The third-order valence-electron chi connectivity index (χ3n) is 2.88. The van der Waals surface area contributed by atoms with E-state index in [1.165, 1.54) is 6.20 Å². The first kappa shape index (κ1) is 13.2. The molecule has 2 aromatic rings. The predicted octanol–water partition coefficient (Wildman–Crippen LogP) is 1.63. The van der Waals surface area contributed by atoms with E-state index < -0.39 is 0 Å². The zero-order valence-corrected chi connectivity index (χ0v) is 11.5. The largest absolute Gasteiger partial charge is 0.389 e. The molecule has 0 aliphatic heterocycles. The molecular weight excluding hydrogens is 260 g/mol. The van der Waals surface area contributed by atoms with Gasteiger partial charge in [0, 0.05) is 24.0 Å². The molecule has 5 nitrogen and oxygen atoms in total. The molecule has 1 aromatic carbocycles. The van der Waals surface area contributed by atoms with Crippen molar-refractivity contribution in [2.75, 3.05) is 11.9 Å². The van der Waals surface area contributed by atoms with Crippen LogP contribution in [0, 0.1) is 6.92 Å². The second-order valence-corrected chi connectivity index (χ2v) is 4.63. The highest BCUT2D eigenvalue weighted by atomic mass is 32.1. The third kappa shape index (κ3) is 2.63. The molecule has 6 heteroatoms. The van der Waals surface area contributed by atoms with Gasteiger partial charge in [0.25, 0.3) is 5.91 Å². The average Bonchev–Trinajstić information content (AvgIpc) is 2.83. The lowest BCUT2D eigenvalue weighted by Gasteiger charge is -2.17. The summed E-state index contributed by atoms with van der Waals surface area (Å²) in [4.78, 5) is 14.2. The second kappa shape index (κ2) is 5.19. The van der Waals surface area contributed by atoms with Gasteiger partial charge in [-0.2, -0.15) is 5.10 Å². The molecular formula is C13H14N4OS. The number of amides is 1. The zero-order valence-electron chi connectivity index (χ0n) is 10.7. The van der Waals surface area contributed by atoms with Crippen molar-refractivity contribution in [3.8, 4) is 0 Å². The number of H-pyrrole nitrogens is 1. The summed E-state index contributed by atoms with van der Waals surface area (Å²) in [7, 11) is 1.70. The highest BCUT2D eigenvalue weighted by molar-refractivity contribution is 7.80. The van der Waals surface area contributed by atoms with Crippen molar-refractivity contribution in [2.45, 2.75) is 6.92 Å². The average molecular weight is 274 g/mol. The van der Waals surface area contributed by atoms with Crippen LogP contribution >= 0.6 is 12.2 Å². The van der Waals surface area contributed by atoms with Gasteiger partial charge in [0.1, 0.15) is 4.99 Å². The number of carbonyl (C=O) groups excluding carboxylic acids is 1. The van der Waals surface area contributed by atoms with E-state index in [0.29, 0.717) is 10.6 Å². The Hall–Kier alpha value is -2.21. The lowest BCUT2D eigenvalue weighted by molar-refractivity contribution is 0.0992. The Labute approximate surface area is 116 Å². The van der Waals surface area contributed by atoms with Gasteiger partial charge in [-0.15, -0.1) is 0 Å². The Kier molecular flexibility index (Phi) is 3.62. The Morgan fingerprint density at radius 1 is 1.47 bits per heavy atom. The lowest BCUT2D eigenvalue weighted by atomic mass is 10.1. The first-order valence-electron chi connectivity index (χ1n) is 5.68. The number of benzene rings is 1. The van der Waals surface area contributed by atoms with Crippen LogP contribution in [-0.2, 0) is 0 Å². The summed E-state index contributed by atoms with van der Waals surface area (Å²) in [6.45, 7) is 1.81. The number of nitrogens with zero attached hydrogens (tertiary/aromatic N) is 2. The van der Waals surface area contributed by atoms with Crippen LogP contribution in [0.2, 0.25) is 0 Å². The number of carbonyl (C=O) groups is 1. The maximum Gasteiger partial charge on any atom is 0.261 e. The summed E-state index contributed by atoms with van der Waals surface area (Å²) in [6.07, 6.45) is 1.52. The normalized spacial score (nSPS) is 10.2. The zero-order chi connectivity index (χ0) is 14.0. The third-order valence-corrected chi connectivity index (χ3v) is 3.12. The molecule has 1 aromatic heterocycles. The van der Waals surface area contributed by atoms with Crippen molar-refractivity contribution in [1.29, 1.82) is 0 Å². The minimum Gasteiger partial charge on any atom is -0.389 e. The fourth-order valence-corrected chi connectivity index (χ4v) is 1.86. The summed E-state index contributed by atoms with van der Waals surface area (Å²) in [5.74, 6) is -0.133. The first-order valence-corrected chi connectivity index (χ1v) is 6.09. The van der Waals surface area contributed by atoms with E-state index in [1.54, 1.807) is 24.9 Å². The summed E-state index contributed by atoms with van der Waals surface area (Å²) in [6, 6.07) is 7.24. The van der Waals surface area contributed by atoms with E-state index in [0.717, 1.165) is 16.9 Å². The van der Waals surface area contributed by atoms with Crippen molar-refractivity contribution in [3.63, 3.8) is 0 Å². The summed E-state index contributed by atoms with van der Waals surface area (Å²) >= 11 is 4.93. The molecule has 1 amide bonds. The van der Waals surface area contributed by atoms with Crippen LogP contribution in [0.5, 0.6) is 0 Å². The molecule has 98 valence electrons. The van der Waals surface area contributed by atoms with Gasteiger partial charge in [0.2, 0.25) is 0 Å². The predicted molar refractivity (Wildman–Crippen MR) is 78.4 cm³/mol. The van der Waals surface area contributed by atoms with Gasteiger partial charge in [-0.1, -0.05) is 24.4 Å². The van der Waals surface area contributed by atoms with Crippen molar-refractivity contribution >= 4 is 28.8 Å². The van der Waals surface area contributed by atoms with E-state index in [9.17, 15) is 4.79 Å². The van der Waals surface area contributed by atoms with Gasteiger partial charge < -0.3 is 10.6 Å². The Morgan fingerprint density at radius 2 is 2.21 bits per heavy atom. The fourth-order valence-electron chi connectivity index (χ4n) is 1.73. The number of thiocarbonyl (C=S) groups is 1. The van der Waals surface area contributed by atoms with Crippen LogP contribution in [0.3, 0.4) is 0 Å². The Balaban J connectivity index is 2.32. The van der Waals surface area contributed by atoms with E-state index in [1.807, 2.05) is 18.2 Å². The van der Waals surface area contributed by atoms with Crippen LogP contribution in [0.25, 0.3) is 0 Å². The number of hydrogen-bond donors (Lipinski definition) is 2. The molecule has 1 heterocycles. The molecule has 0 saturated carbocycles. The van der Waals surface area contributed by atoms with Crippen molar-refractivity contribution < 1.29 is 4.79 Å². The van der Waals surface area contributed by atoms with E-state index in [2.05, 4.69) is 10.2 Å². The minimum atomic E-state index is -0.133. The van der Waals surface area contributed by atoms with E-state index >= 15 is 0 Å². The first-order chi connectivity index (χ1) is 9.00. The molecule has 0 unspecified atom stereocenters. The maximum absolute atomic E-state index is 12.3. The van der Waals surface area contributed by atoms with Crippen LogP contribution in [0.15, 0.2) is 30.5 Å². The molecule has 0 spiro atoms. The second-order valence-electron chi connectivity index (χ2n) is 4.19. The summed E-state index contributed by atoms with van der Waals surface area (Å²) in [5.41, 5.74) is 8.34. The van der Waals surface area contributed by atoms with E-state index in [4.69, 9.17) is 18.0 Å². The van der Waals surface area contributed by atoms with Crippen molar-refractivity contribution in [3.05, 3.63) is 47.3 Å². The molecule has 0 atom stereocenters. The topological polar surface area (TPSA) is 75.0 Å². The van der Waals surface area contributed by atoms with Gasteiger partial charge >= 0.3 is 0 Å². The number of anilines is 1. The highest BCUT2D eigenvalue weighted by Crippen LogP contribution is 2.18. The van der Waals surface area contributed by atoms with Crippen LogP contribution in [0.4, 0.5) is 5.69 Å². The number of nitrogens with two attached hydrogens (primary N) is 1. The van der Waals surface area contributed by atoms with Crippen LogP contribution in [-0.4, -0.2) is 28.1 Å². The monoisotopic (exact) mass is 274 g/mol. The highest BCUT2D eigenvalue weighted by Gasteiger charge is 2.17. The summed E-state index contributed by atoms with van der Waals surface area (Å²) < 4.78 is 0. The molecule has 0 fully saturated rings. The number of rotatable bonds is 3. The van der Waals surface area contributed by atoms with Gasteiger partial charge in [-0.3, -0.25) is 9.89 Å². The number of nitrogens with one attached hydrogen (secondary N) is 1. The lowest BCUT2D eigenvalue weighted by Crippen LogP contribution is -2.26. The minimum absolute atomic E-state index is 0.133. The molecule has 3 N–H and O–H groups in total. The number of aromatic nitrogens is 2. The number of aryl methyl sites for hydroxylation is 1. The fraction of sp³-hybridized carbons (Fsp3) is 0.154. The molecule has 0 radical (unpaired) electrons. The molecule has 0 saturated heterocycles. The van der Waals surface area contributed by atoms with Crippen molar-refractivity contribution in [1.82, 2.24) is 10.2 Å². The van der Waals surface area contributed by atoms with Gasteiger partial charge in [-0.25, -0.2) is 0 Å². The van der Waals surface area contributed by atoms with Crippen molar-refractivity contribution in [2.24, 2.45) is 5.73 Å². The number of aromatic amines is 1. The van der Waals surface area contributed by atoms with Gasteiger partial charge in [0.05, 0.1) is 11.8 Å².